The van der Waals surface area contributed by atoms with Gasteiger partial charge in [0, 0.05) is 6.42 Å². The minimum absolute atomic E-state index is 0.589. The molecule has 0 saturated carbocycles. The Kier molecular flexibility index (Phi) is 2.19. The third-order valence-electron chi connectivity index (χ3n) is 1.81. The second kappa shape index (κ2) is 3.66. The van der Waals surface area contributed by atoms with Crippen molar-refractivity contribution in [1.82, 2.24) is 20.6 Å². The first kappa shape index (κ1) is 8.38. The third kappa shape index (κ3) is 1.75. The van der Waals surface area contributed by atoms with Crippen LogP contribution in [0.15, 0.2) is 24.3 Å². The highest BCUT2D eigenvalue weighted by Crippen LogP contribution is 2.07. The first-order chi connectivity index (χ1) is 6.88. The summed E-state index contributed by atoms with van der Waals surface area (Å²) in [5, 5.41) is 22.2. The van der Waals surface area contributed by atoms with Gasteiger partial charge in [0.15, 0.2) is 5.82 Å². The maximum atomic E-state index is 8.69. The second-order valence-corrected chi connectivity index (χ2v) is 2.82. The summed E-state index contributed by atoms with van der Waals surface area (Å²) < 4.78 is 0. The number of H-pyrrole nitrogens is 1. The van der Waals surface area contributed by atoms with Crippen molar-refractivity contribution in [1.29, 1.82) is 5.26 Å². The lowest BCUT2D eigenvalue weighted by Crippen LogP contribution is -1.91. The highest BCUT2D eigenvalue weighted by Gasteiger charge is 2.00. The predicted octanol–water partition coefficient (Wildman–Crippen LogP) is 0.662. The van der Waals surface area contributed by atoms with Crippen molar-refractivity contribution in [3.63, 3.8) is 0 Å². The Bertz CT molecular complexity index is 454. The molecule has 68 valence electrons. The summed E-state index contributed by atoms with van der Waals surface area (Å²) in [5.74, 6) is 0.625. The summed E-state index contributed by atoms with van der Waals surface area (Å²) in [6.07, 6.45) is 0.589. The number of rotatable bonds is 2. The van der Waals surface area contributed by atoms with Crippen molar-refractivity contribution >= 4 is 0 Å². The number of nitrogens with zero attached hydrogens (tertiary/aromatic N) is 4. The van der Waals surface area contributed by atoms with Gasteiger partial charge in [-0.3, -0.25) is 0 Å². The molecule has 2 rings (SSSR count). The Hall–Kier alpha value is -2.22. The molecule has 0 atom stereocenters. The number of nitriles is 1. The molecule has 0 radical (unpaired) electrons. The Morgan fingerprint density at radius 3 is 3.07 bits per heavy atom. The Balaban J connectivity index is 2.22. The quantitative estimate of drug-likeness (QED) is 0.745. The molecule has 0 bridgehead atoms. The molecule has 0 aliphatic rings. The van der Waals surface area contributed by atoms with E-state index in [2.05, 4.69) is 26.7 Å². The van der Waals surface area contributed by atoms with Gasteiger partial charge in [-0.2, -0.15) is 10.5 Å². The summed E-state index contributed by atoms with van der Waals surface area (Å²) in [6.45, 7) is 0. The summed E-state index contributed by atoms with van der Waals surface area (Å²) in [7, 11) is 0. The van der Waals surface area contributed by atoms with Crippen molar-refractivity contribution < 1.29 is 0 Å². The fourth-order valence-corrected chi connectivity index (χ4v) is 1.19. The first-order valence-electron chi connectivity index (χ1n) is 4.10. The molecular formula is C9H7N5. The fourth-order valence-electron chi connectivity index (χ4n) is 1.19. The lowest BCUT2D eigenvalue weighted by molar-refractivity contribution is 0.881. The van der Waals surface area contributed by atoms with E-state index >= 15 is 0 Å². The molecule has 5 nitrogen and oxygen atoms in total. The molecule has 0 aliphatic heterocycles. The van der Waals surface area contributed by atoms with Gasteiger partial charge in [-0.05, 0) is 17.7 Å². The number of tetrazole rings is 1. The molecular weight excluding hydrogens is 178 g/mol. The average Bonchev–Trinajstić information content (AvgIpc) is 2.71. The zero-order valence-electron chi connectivity index (χ0n) is 7.31. The summed E-state index contributed by atoms with van der Waals surface area (Å²) in [6, 6.07) is 9.43. The zero-order chi connectivity index (χ0) is 9.80. The van der Waals surface area contributed by atoms with Gasteiger partial charge >= 0.3 is 0 Å². The highest BCUT2D eigenvalue weighted by atomic mass is 15.5. The lowest BCUT2D eigenvalue weighted by Gasteiger charge is -1.96. The van der Waals surface area contributed by atoms with E-state index in [1.165, 1.54) is 0 Å². The smallest absolute Gasteiger partial charge is 0.178 e. The molecule has 2 aromatic rings. The number of hydrogen-bond donors (Lipinski definition) is 1. The van der Waals surface area contributed by atoms with E-state index in [0.29, 0.717) is 17.8 Å². The van der Waals surface area contributed by atoms with Gasteiger partial charge in [0.25, 0.3) is 0 Å². The Morgan fingerprint density at radius 1 is 1.43 bits per heavy atom. The van der Waals surface area contributed by atoms with Gasteiger partial charge in [-0.25, -0.2) is 0 Å². The van der Waals surface area contributed by atoms with Gasteiger partial charge in [0.05, 0.1) is 11.6 Å². The largest absolute Gasteiger partial charge is 0.192 e. The van der Waals surface area contributed by atoms with Crippen LogP contribution in [0.2, 0.25) is 0 Å². The van der Waals surface area contributed by atoms with Crippen LogP contribution in [0.3, 0.4) is 0 Å². The molecule has 0 fully saturated rings. The van der Waals surface area contributed by atoms with Crippen molar-refractivity contribution in [2.45, 2.75) is 6.42 Å². The molecule has 5 heteroatoms. The molecule has 0 aliphatic carbocycles. The first-order valence-corrected chi connectivity index (χ1v) is 4.10. The molecule has 0 unspecified atom stereocenters. The van der Waals surface area contributed by atoms with E-state index in [-0.39, 0.29) is 0 Å². The third-order valence-corrected chi connectivity index (χ3v) is 1.81. The summed E-state index contributed by atoms with van der Waals surface area (Å²) >= 11 is 0. The van der Waals surface area contributed by atoms with E-state index in [9.17, 15) is 0 Å². The molecule has 0 spiro atoms. The zero-order valence-corrected chi connectivity index (χ0v) is 7.31. The number of aromatic amines is 1. The van der Waals surface area contributed by atoms with Crippen LogP contribution in [-0.4, -0.2) is 20.6 Å². The summed E-state index contributed by atoms with van der Waals surface area (Å²) in [5.41, 5.74) is 1.65. The molecule has 0 saturated heterocycles. The van der Waals surface area contributed by atoms with E-state index in [1.807, 2.05) is 18.2 Å². The van der Waals surface area contributed by atoms with Gasteiger partial charge in [-0.1, -0.05) is 17.3 Å². The van der Waals surface area contributed by atoms with E-state index in [1.54, 1.807) is 6.07 Å². The monoisotopic (exact) mass is 185 g/mol. The Morgan fingerprint density at radius 2 is 2.36 bits per heavy atom. The van der Waals surface area contributed by atoms with Gasteiger partial charge in [0.2, 0.25) is 0 Å². The van der Waals surface area contributed by atoms with Gasteiger partial charge in [0.1, 0.15) is 0 Å². The van der Waals surface area contributed by atoms with E-state index in [4.69, 9.17) is 5.26 Å². The number of hydrogen-bond acceptors (Lipinski definition) is 4. The number of nitrogens with one attached hydrogen (secondary N) is 1. The van der Waals surface area contributed by atoms with Crippen molar-refractivity contribution in [3.05, 3.63) is 41.2 Å². The summed E-state index contributed by atoms with van der Waals surface area (Å²) in [4.78, 5) is 0. The molecule has 1 heterocycles. The van der Waals surface area contributed by atoms with Crippen LogP contribution < -0.4 is 0 Å². The van der Waals surface area contributed by atoms with Crippen LogP contribution in [0.1, 0.15) is 17.0 Å². The van der Waals surface area contributed by atoms with Gasteiger partial charge < -0.3 is 0 Å². The predicted molar refractivity (Wildman–Crippen MR) is 48.1 cm³/mol. The normalized spacial score (nSPS) is 9.64. The van der Waals surface area contributed by atoms with Crippen molar-refractivity contribution in [2.24, 2.45) is 0 Å². The lowest BCUT2D eigenvalue weighted by atomic mass is 10.1. The number of benzene rings is 1. The van der Waals surface area contributed by atoms with Crippen LogP contribution in [-0.2, 0) is 6.42 Å². The second-order valence-electron chi connectivity index (χ2n) is 2.82. The SMILES string of the molecule is N#Cc1cccc(Cc2nn[nH]n2)c1. The Labute approximate surface area is 80.4 Å². The van der Waals surface area contributed by atoms with E-state index < -0.39 is 0 Å². The topological polar surface area (TPSA) is 78.2 Å². The van der Waals surface area contributed by atoms with E-state index in [0.717, 1.165) is 5.56 Å². The minimum Gasteiger partial charge on any atom is -0.192 e. The maximum Gasteiger partial charge on any atom is 0.178 e. The van der Waals surface area contributed by atoms with Crippen LogP contribution >= 0.6 is 0 Å². The molecule has 1 N–H and O–H groups in total. The van der Waals surface area contributed by atoms with Crippen LogP contribution in [0.5, 0.6) is 0 Å². The van der Waals surface area contributed by atoms with Crippen molar-refractivity contribution in [2.75, 3.05) is 0 Å². The van der Waals surface area contributed by atoms with Gasteiger partial charge in [-0.15, -0.1) is 10.2 Å². The highest BCUT2D eigenvalue weighted by molar-refractivity contribution is 5.33. The van der Waals surface area contributed by atoms with Crippen LogP contribution in [0.25, 0.3) is 0 Å². The average molecular weight is 185 g/mol. The maximum absolute atomic E-state index is 8.69. The number of aromatic nitrogens is 4. The molecule has 1 aromatic heterocycles. The van der Waals surface area contributed by atoms with Crippen LogP contribution in [0.4, 0.5) is 0 Å². The fraction of sp³-hybridized carbons (Fsp3) is 0.111. The van der Waals surface area contributed by atoms with Crippen molar-refractivity contribution in [3.8, 4) is 6.07 Å². The van der Waals surface area contributed by atoms with Crippen LogP contribution in [0, 0.1) is 11.3 Å². The standard InChI is InChI=1S/C9H7N5/c10-6-8-3-1-2-7(4-8)5-9-11-13-14-12-9/h1-4H,5H2,(H,11,12,13,14). The molecule has 0 amide bonds. The molecule has 1 aromatic carbocycles. The molecule has 14 heavy (non-hydrogen) atoms. The minimum atomic E-state index is 0.589.